The number of amides is 1. The number of benzene rings is 1. The molecule has 10 heteroatoms. The Labute approximate surface area is 185 Å². The molecule has 0 heterocycles. The molecule has 1 aromatic rings. The average molecular weight is 469 g/mol. The van der Waals surface area contributed by atoms with E-state index in [1.807, 2.05) is 0 Å². The zero-order valence-electron chi connectivity index (χ0n) is 15.4. The molecule has 1 atom stereocenters. The van der Waals surface area contributed by atoms with Crippen LogP contribution in [0.15, 0.2) is 24.3 Å². The van der Waals surface area contributed by atoms with Gasteiger partial charge in [0.2, 0.25) is 9.70 Å². The highest BCUT2D eigenvalue weighted by Crippen LogP contribution is 2.29. The van der Waals surface area contributed by atoms with Crippen molar-refractivity contribution in [2.45, 2.75) is 55.4 Å². The van der Waals surface area contributed by atoms with Crippen LogP contribution in [-0.4, -0.2) is 32.1 Å². The van der Waals surface area contributed by atoms with Gasteiger partial charge in [-0.05, 0) is 42.9 Å². The first-order valence-corrected chi connectivity index (χ1v) is 10.4. The molecule has 0 spiro atoms. The molecular weight excluding hydrogens is 445 g/mol. The predicted molar refractivity (Wildman–Crippen MR) is 118 cm³/mol. The van der Waals surface area contributed by atoms with E-state index >= 15 is 0 Å². The van der Waals surface area contributed by atoms with E-state index in [0.29, 0.717) is 12.1 Å². The van der Waals surface area contributed by atoms with Crippen molar-refractivity contribution in [3.8, 4) is 0 Å². The molecule has 0 radical (unpaired) electrons. The van der Waals surface area contributed by atoms with Crippen LogP contribution in [0.25, 0.3) is 0 Å². The Morgan fingerprint density at radius 1 is 1.07 bits per heavy atom. The van der Waals surface area contributed by atoms with E-state index in [0.717, 1.165) is 32.1 Å². The molecule has 0 aliphatic carbocycles. The van der Waals surface area contributed by atoms with Crippen LogP contribution in [-0.2, 0) is 4.79 Å². The van der Waals surface area contributed by atoms with Gasteiger partial charge in [-0.15, -0.1) is 0 Å². The molecule has 0 fully saturated rings. The van der Waals surface area contributed by atoms with Crippen molar-refractivity contribution in [1.29, 1.82) is 0 Å². The van der Waals surface area contributed by atoms with Crippen LogP contribution in [0, 0.1) is 0 Å². The van der Waals surface area contributed by atoms with Crippen molar-refractivity contribution < 1.29 is 14.7 Å². The maximum absolute atomic E-state index is 12.1. The first-order valence-electron chi connectivity index (χ1n) is 8.90. The lowest BCUT2D eigenvalue weighted by Crippen LogP contribution is -2.56. The number of anilines is 1. The van der Waals surface area contributed by atoms with Crippen LogP contribution >= 0.6 is 47.0 Å². The topological polar surface area (TPSA) is 90.5 Å². The molecule has 6 nitrogen and oxygen atoms in total. The quantitative estimate of drug-likeness (QED) is 0.170. The van der Waals surface area contributed by atoms with Gasteiger partial charge < -0.3 is 21.1 Å². The molecule has 1 rings (SSSR count). The molecule has 0 aliphatic rings. The second-order valence-corrected chi connectivity index (χ2v) is 8.96. The third-order valence-electron chi connectivity index (χ3n) is 3.81. The van der Waals surface area contributed by atoms with E-state index in [-0.39, 0.29) is 16.6 Å². The van der Waals surface area contributed by atoms with E-state index in [2.05, 4.69) is 22.9 Å². The summed E-state index contributed by atoms with van der Waals surface area (Å²) in [7, 11) is 0. The summed E-state index contributed by atoms with van der Waals surface area (Å²) in [6.45, 7) is 2.13. The van der Waals surface area contributed by atoms with Crippen molar-refractivity contribution in [3.63, 3.8) is 0 Å². The molecule has 28 heavy (non-hydrogen) atoms. The smallest absolute Gasteiger partial charge is 0.335 e. The van der Waals surface area contributed by atoms with Gasteiger partial charge in [-0.25, -0.2) is 4.79 Å². The Morgan fingerprint density at radius 3 is 2.21 bits per heavy atom. The van der Waals surface area contributed by atoms with Crippen molar-refractivity contribution >= 4 is 69.7 Å². The molecule has 156 valence electrons. The predicted octanol–water partition coefficient (Wildman–Crippen LogP) is 4.84. The SMILES string of the molecule is CCCCCCCC(=O)NC(NC(=S)Nc1ccc(C(=O)O)cc1)C(Cl)(Cl)Cl. The fourth-order valence-corrected chi connectivity index (χ4v) is 2.88. The molecule has 0 saturated carbocycles. The van der Waals surface area contributed by atoms with Gasteiger partial charge >= 0.3 is 5.97 Å². The molecular formula is C18H24Cl3N3O3S. The number of halogens is 3. The van der Waals surface area contributed by atoms with Gasteiger partial charge in [-0.3, -0.25) is 4.79 Å². The Balaban J connectivity index is 2.57. The Kier molecular flexibility index (Phi) is 10.9. The first-order chi connectivity index (χ1) is 13.1. The van der Waals surface area contributed by atoms with Crippen molar-refractivity contribution in [1.82, 2.24) is 10.6 Å². The van der Waals surface area contributed by atoms with Crippen LogP contribution in [0.5, 0.6) is 0 Å². The number of hydrogen-bond acceptors (Lipinski definition) is 3. The molecule has 0 bridgehead atoms. The van der Waals surface area contributed by atoms with Crippen LogP contribution < -0.4 is 16.0 Å². The van der Waals surface area contributed by atoms with Gasteiger partial charge in [-0.2, -0.15) is 0 Å². The second kappa shape index (κ2) is 12.3. The number of aromatic carboxylic acids is 1. The third-order valence-corrected chi connectivity index (χ3v) is 4.68. The van der Waals surface area contributed by atoms with Crippen LogP contribution in [0.3, 0.4) is 0 Å². The van der Waals surface area contributed by atoms with Gasteiger partial charge in [-0.1, -0.05) is 67.4 Å². The van der Waals surface area contributed by atoms with Gasteiger partial charge in [0.05, 0.1) is 5.56 Å². The number of nitrogens with one attached hydrogen (secondary N) is 3. The number of unbranched alkanes of at least 4 members (excludes halogenated alkanes) is 4. The Hall–Kier alpha value is -1.28. The highest BCUT2D eigenvalue weighted by molar-refractivity contribution is 7.80. The minimum absolute atomic E-state index is 0.114. The Morgan fingerprint density at radius 2 is 1.68 bits per heavy atom. The molecule has 1 amide bonds. The number of alkyl halides is 3. The summed E-state index contributed by atoms with van der Waals surface area (Å²) in [5.74, 6) is -1.27. The summed E-state index contributed by atoms with van der Waals surface area (Å²) in [6.07, 6.45) is 4.40. The first kappa shape index (κ1) is 24.8. The van der Waals surface area contributed by atoms with E-state index in [1.165, 1.54) is 12.1 Å². The fourth-order valence-electron chi connectivity index (χ4n) is 2.32. The second-order valence-electron chi connectivity index (χ2n) is 6.19. The zero-order chi connectivity index (χ0) is 21.2. The maximum Gasteiger partial charge on any atom is 0.335 e. The van der Waals surface area contributed by atoms with Gasteiger partial charge in [0.25, 0.3) is 0 Å². The lowest BCUT2D eigenvalue weighted by molar-refractivity contribution is -0.122. The van der Waals surface area contributed by atoms with Crippen molar-refractivity contribution in [3.05, 3.63) is 29.8 Å². The number of rotatable bonds is 10. The molecule has 0 aromatic heterocycles. The van der Waals surface area contributed by atoms with Gasteiger partial charge in [0.15, 0.2) is 5.11 Å². The van der Waals surface area contributed by atoms with E-state index in [1.54, 1.807) is 12.1 Å². The number of carboxylic acids is 1. The summed E-state index contributed by atoms with van der Waals surface area (Å²) in [5.41, 5.74) is 0.697. The summed E-state index contributed by atoms with van der Waals surface area (Å²) in [6, 6.07) is 5.97. The molecule has 1 unspecified atom stereocenters. The number of thiocarbonyl (C=S) groups is 1. The average Bonchev–Trinajstić information content (AvgIpc) is 2.60. The fraction of sp³-hybridized carbons (Fsp3) is 0.500. The maximum atomic E-state index is 12.1. The molecule has 1 aromatic carbocycles. The Bertz CT molecular complexity index is 666. The molecule has 4 N–H and O–H groups in total. The van der Waals surface area contributed by atoms with Crippen LogP contribution in [0.2, 0.25) is 0 Å². The summed E-state index contributed by atoms with van der Waals surface area (Å²) in [4.78, 5) is 23.0. The number of carboxylic acid groups (broad SMARTS) is 1. The van der Waals surface area contributed by atoms with Crippen molar-refractivity contribution in [2.75, 3.05) is 5.32 Å². The van der Waals surface area contributed by atoms with Gasteiger partial charge in [0, 0.05) is 12.1 Å². The van der Waals surface area contributed by atoms with Gasteiger partial charge in [0.1, 0.15) is 6.17 Å². The van der Waals surface area contributed by atoms with Crippen molar-refractivity contribution in [2.24, 2.45) is 0 Å². The lowest BCUT2D eigenvalue weighted by Gasteiger charge is -2.27. The summed E-state index contributed by atoms with van der Waals surface area (Å²) in [5, 5.41) is 17.3. The highest BCUT2D eigenvalue weighted by Gasteiger charge is 2.34. The van der Waals surface area contributed by atoms with Crippen LogP contribution in [0.1, 0.15) is 55.8 Å². The number of carbonyl (C=O) groups excluding carboxylic acids is 1. The van der Waals surface area contributed by atoms with E-state index < -0.39 is 15.9 Å². The largest absolute Gasteiger partial charge is 0.478 e. The summed E-state index contributed by atoms with van der Waals surface area (Å²) >= 11 is 23.0. The summed E-state index contributed by atoms with van der Waals surface area (Å²) < 4.78 is -1.82. The van der Waals surface area contributed by atoms with Crippen LogP contribution in [0.4, 0.5) is 5.69 Å². The molecule has 0 aliphatic heterocycles. The minimum atomic E-state index is -1.82. The standard InChI is InChI=1S/C18H24Cl3N3O3S/c1-2-3-4-5-6-7-14(25)23-16(18(19,20)21)24-17(28)22-13-10-8-12(9-11-13)15(26)27/h8-11,16H,2-7H2,1H3,(H,23,25)(H,26,27)(H2,22,24,28). The number of hydrogen-bond donors (Lipinski definition) is 4. The van der Waals surface area contributed by atoms with E-state index in [4.69, 9.17) is 52.1 Å². The monoisotopic (exact) mass is 467 g/mol. The highest BCUT2D eigenvalue weighted by atomic mass is 35.6. The number of carbonyl (C=O) groups is 2. The minimum Gasteiger partial charge on any atom is -0.478 e. The lowest BCUT2D eigenvalue weighted by atomic mass is 10.1. The van der Waals surface area contributed by atoms with E-state index in [9.17, 15) is 9.59 Å². The normalized spacial score (nSPS) is 12.1. The molecule has 0 saturated heterocycles. The zero-order valence-corrected chi connectivity index (χ0v) is 18.5. The third kappa shape index (κ3) is 9.78.